The molecular weight excluding hydrogens is 448 g/mol. The highest BCUT2D eigenvalue weighted by Crippen LogP contribution is 2.29. The molecule has 1 N–H and O–H groups in total. The first-order valence-corrected chi connectivity index (χ1v) is 12.7. The Balaban J connectivity index is 1.44. The van der Waals surface area contributed by atoms with Crippen LogP contribution in [0.1, 0.15) is 19.3 Å². The van der Waals surface area contributed by atoms with E-state index >= 15 is 0 Å². The van der Waals surface area contributed by atoms with Gasteiger partial charge in [0.2, 0.25) is 21.8 Å². The van der Waals surface area contributed by atoms with Gasteiger partial charge in [0.15, 0.2) is 11.5 Å². The Morgan fingerprint density at radius 3 is 2.21 bits per heavy atom. The van der Waals surface area contributed by atoms with E-state index < -0.39 is 10.0 Å². The van der Waals surface area contributed by atoms with Crippen molar-refractivity contribution in [1.29, 1.82) is 0 Å². The third-order valence-corrected chi connectivity index (χ3v) is 7.77. The highest BCUT2D eigenvalue weighted by atomic mass is 32.2. The Morgan fingerprint density at radius 2 is 1.61 bits per heavy atom. The number of nitrogens with zero attached hydrogens (tertiary/aromatic N) is 3. The van der Waals surface area contributed by atoms with Gasteiger partial charge in [0, 0.05) is 64.2 Å². The number of amides is 2. The van der Waals surface area contributed by atoms with Gasteiger partial charge >= 0.3 is 0 Å². The molecule has 0 spiro atoms. The molecule has 11 heteroatoms. The van der Waals surface area contributed by atoms with Gasteiger partial charge in [-0.15, -0.1) is 0 Å². The lowest BCUT2D eigenvalue weighted by molar-refractivity contribution is -0.141. The van der Waals surface area contributed by atoms with Gasteiger partial charge in [-0.05, 0) is 32.0 Å². The molecule has 1 aromatic carbocycles. The van der Waals surface area contributed by atoms with Crippen LogP contribution in [0.4, 0.5) is 0 Å². The molecule has 0 aliphatic carbocycles. The van der Waals surface area contributed by atoms with Crippen LogP contribution in [0.15, 0.2) is 23.1 Å². The van der Waals surface area contributed by atoms with Crippen molar-refractivity contribution in [2.24, 2.45) is 5.92 Å². The third kappa shape index (κ3) is 6.36. The predicted molar refractivity (Wildman–Crippen MR) is 123 cm³/mol. The molecule has 184 valence electrons. The summed E-state index contributed by atoms with van der Waals surface area (Å²) in [6.45, 7) is 4.33. The van der Waals surface area contributed by atoms with E-state index in [1.165, 1.54) is 32.4 Å². The summed E-state index contributed by atoms with van der Waals surface area (Å²) < 4.78 is 37.9. The molecule has 1 aromatic rings. The van der Waals surface area contributed by atoms with Crippen LogP contribution in [0.3, 0.4) is 0 Å². The highest BCUT2D eigenvalue weighted by Gasteiger charge is 2.31. The zero-order chi connectivity index (χ0) is 24.0. The van der Waals surface area contributed by atoms with Crippen LogP contribution >= 0.6 is 0 Å². The van der Waals surface area contributed by atoms with Crippen LogP contribution in [-0.2, 0) is 19.6 Å². The summed E-state index contributed by atoms with van der Waals surface area (Å²) in [7, 11) is 1.17. The van der Waals surface area contributed by atoms with Gasteiger partial charge in [-0.25, -0.2) is 13.1 Å². The Labute approximate surface area is 195 Å². The number of rotatable bonds is 8. The largest absolute Gasteiger partial charge is 0.493 e. The summed E-state index contributed by atoms with van der Waals surface area (Å²) in [5.74, 6) is 0.779. The summed E-state index contributed by atoms with van der Waals surface area (Å²) in [4.78, 5) is 31.2. The van der Waals surface area contributed by atoms with E-state index in [-0.39, 0.29) is 35.6 Å². The number of carbonyl (C=O) groups is 2. The van der Waals surface area contributed by atoms with Crippen molar-refractivity contribution in [3.63, 3.8) is 0 Å². The second-order valence-electron chi connectivity index (χ2n) is 8.45. The molecule has 2 amide bonds. The first-order valence-electron chi connectivity index (χ1n) is 11.2. The van der Waals surface area contributed by atoms with Gasteiger partial charge < -0.3 is 24.2 Å². The Hall–Kier alpha value is -2.37. The Morgan fingerprint density at radius 1 is 0.970 bits per heavy atom. The number of methoxy groups -OCH3 is 2. The number of nitrogens with one attached hydrogen (secondary N) is 1. The summed E-state index contributed by atoms with van der Waals surface area (Å²) >= 11 is 0. The van der Waals surface area contributed by atoms with E-state index in [0.29, 0.717) is 37.4 Å². The molecule has 33 heavy (non-hydrogen) atoms. The second-order valence-corrected chi connectivity index (χ2v) is 10.2. The first-order chi connectivity index (χ1) is 15.7. The zero-order valence-corrected chi connectivity index (χ0v) is 20.4. The van der Waals surface area contributed by atoms with E-state index in [1.54, 1.807) is 4.90 Å². The fraction of sp³-hybridized carbons (Fsp3) is 0.636. The molecule has 2 saturated heterocycles. The van der Waals surface area contributed by atoms with Crippen molar-refractivity contribution in [1.82, 2.24) is 19.4 Å². The number of piperidine rings is 1. The summed E-state index contributed by atoms with van der Waals surface area (Å²) in [6, 6.07) is 4.32. The lowest BCUT2D eigenvalue weighted by atomic mass is 9.94. The average molecular weight is 483 g/mol. The van der Waals surface area contributed by atoms with E-state index in [1.807, 2.05) is 4.90 Å². The number of benzene rings is 1. The maximum Gasteiger partial charge on any atom is 0.240 e. The number of ether oxygens (including phenoxy) is 2. The number of likely N-dealkylation sites (N-methyl/N-ethyl adjacent to an activating group) is 1. The third-order valence-electron chi connectivity index (χ3n) is 6.31. The molecule has 0 aromatic heterocycles. The fourth-order valence-electron chi connectivity index (χ4n) is 4.18. The molecule has 0 bridgehead atoms. The first kappa shape index (κ1) is 25.3. The molecule has 2 aliphatic rings. The number of carbonyl (C=O) groups excluding carboxylic acids is 2. The van der Waals surface area contributed by atoms with Gasteiger partial charge in [0.25, 0.3) is 0 Å². The monoisotopic (exact) mass is 482 g/mol. The number of piperazine rings is 1. The van der Waals surface area contributed by atoms with Gasteiger partial charge in [0.1, 0.15) is 0 Å². The molecule has 2 fully saturated rings. The highest BCUT2D eigenvalue weighted by molar-refractivity contribution is 7.89. The van der Waals surface area contributed by atoms with Crippen LogP contribution in [0.25, 0.3) is 0 Å². The minimum atomic E-state index is -3.79. The number of hydrogen-bond donors (Lipinski definition) is 1. The van der Waals surface area contributed by atoms with Crippen LogP contribution in [-0.4, -0.2) is 102 Å². The minimum Gasteiger partial charge on any atom is -0.493 e. The lowest BCUT2D eigenvalue weighted by Gasteiger charge is -2.37. The molecule has 0 radical (unpaired) electrons. The molecule has 3 rings (SSSR count). The van der Waals surface area contributed by atoms with Crippen LogP contribution in [0.2, 0.25) is 0 Å². The molecule has 2 heterocycles. The number of sulfonamides is 1. The molecule has 0 unspecified atom stereocenters. The number of hydrogen-bond acceptors (Lipinski definition) is 7. The lowest BCUT2D eigenvalue weighted by Crippen LogP contribution is -2.51. The topological polar surface area (TPSA) is 108 Å². The number of likely N-dealkylation sites (tertiary alicyclic amines) is 1. The standard InChI is InChI=1S/C22H34N4O6S/c1-24-12-14-26(15-13-24)22(28)17-7-10-25(11-8-17)21(27)6-9-23-33(29,30)18-4-5-19(31-2)20(16-18)32-3/h4-5,16-17,23H,6-15H2,1-3H3. The fourth-order valence-corrected chi connectivity index (χ4v) is 5.23. The van der Waals surface area contributed by atoms with Crippen molar-refractivity contribution in [3.8, 4) is 11.5 Å². The van der Waals surface area contributed by atoms with Crippen LogP contribution < -0.4 is 14.2 Å². The maximum atomic E-state index is 12.7. The molecule has 0 atom stereocenters. The molecular formula is C22H34N4O6S. The molecule has 2 aliphatic heterocycles. The van der Waals surface area contributed by atoms with E-state index in [2.05, 4.69) is 16.7 Å². The van der Waals surface area contributed by atoms with Crippen molar-refractivity contribution < 1.29 is 27.5 Å². The maximum absolute atomic E-state index is 12.7. The van der Waals surface area contributed by atoms with E-state index in [9.17, 15) is 18.0 Å². The Kier molecular flexibility index (Phi) is 8.55. The van der Waals surface area contributed by atoms with Crippen molar-refractivity contribution >= 4 is 21.8 Å². The quantitative estimate of drug-likeness (QED) is 0.571. The summed E-state index contributed by atoms with van der Waals surface area (Å²) in [5.41, 5.74) is 0. The van der Waals surface area contributed by atoms with Gasteiger partial charge in [-0.2, -0.15) is 0 Å². The van der Waals surface area contributed by atoms with Crippen molar-refractivity contribution in [3.05, 3.63) is 18.2 Å². The smallest absolute Gasteiger partial charge is 0.240 e. The zero-order valence-electron chi connectivity index (χ0n) is 19.6. The van der Waals surface area contributed by atoms with Crippen LogP contribution in [0, 0.1) is 5.92 Å². The predicted octanol–water partition coefficient (Wildman–Crippen LogP) is 0.385. The van der Waals surface area contributed by atoms with Gasteiger partial charge in [-0.1, -0.05) is 0 Å². The molecule has 10 nitrogen and oxygen atoms in total. The van der Waals surface area contributed by atoms with Crippen molar-refractivity contribution in [2.45, 2.75) is 24.2 Å². The molecule has 0 saturated carbocycles. The van der Waals surface area contributed by atoms with E-state index in [4.69, 9.17) is 9.47 Å². The summed E-state index contributed by atoms with van der Waals surface area (Å²) in [6.07, 6.45) is 1.35. The van der Waals surface area contributed by atoms with Crippen LogP contribution in [0.5, 0.6) is 11.5 Å². The second kappa shape index (κ2) is 11.2. The Bertz CT molecular complexity index is 938. The van der Waals surface area contributed by atoms with Crippen molar-refractivity contribution in [2.75, 3.05) is 67.1 Å². The average Bonchev–Trinajstić information content (AvgIpc) is 2.83. The SMILES string of the molecule is COc1ccc(S(=O)(=O)NCCC(=O)N2CCC(C(=O)N3CCN(C)CC3)CC2)cc1OC. The van der Waals surface area contributed by atoms with Gasteiger partial charge in [0.05, 0.1) is 19.1 Å². The normalized spacial score (nSPS) is 18.3. The minimum absolute atomic E-state index is 0.00430. The van der Waals surface area contributed by atoms with E-state index in [0.717, 1.165) is 26.2 Å². The van der Waals surface area contributed by atoms with Gasteiger partial charge in [-0.3, -0.25) is 9.59 Å². The summed E-state index contributed by atoms with van der Waals surface area (Å²) in [5, 5.41) is 0.